The van der Waals surface area contributed by atoms with Gasteiger partial charge in [-0.25, -0.2) is 4.39 Å². The van der Waals surface area contributed by atoms with Crippen LogP contribution >= 0.6 is 0 Å². The minimum Gasteiger partial charge on any atom is -0.494 e. The molecule has 2 saturated heterocycles. The zero-order valence-corrected chi connectivity index (χ0v) is 15.7. The van der Waals surface area contributed by atoms with E-state index in [9.17, 15) is 9.18 Å². The third-order valence-corrected chi connectivity index (χ3v) is 5.96. The van der Waals surface area contributed by atoms with Gasteiger partial charge in [0, 0.05) is 25.6 Å². The van der Waals surface area contributed by atoms with Gasteiger partial charge in [0.1, 0.15) is 0 Å². The summed E-state index contributed by atoms with van der Waals surface area (Å²) in [5.74, 6) is 0.738. The average Bonchev–Trinajstić information content (AvgIpc) is 3.24. The molecule has 2 aromatic rings. The van der Waals surface area contributed by atoms with Crippen LogP contribution in [0.25, 0.3) is 0 Å². The van der Waals surface area contributed by atoms with Gasteiger partial charge in [0.2, 0.25) is 5.91 Å². The number of aryl methyl sites for hydroxylation is 1. The zero-order chi connectivity index (χ0) is 19.0. The molecule has 4 rings (SSSR count). The molecular weight excluding hydrogens is 343 g/mol. The molecule has 0 saturated carbocycles. The van der Waals surface area contributed by atoms with Gasteiger partial charge in [-0.15, -0.1) is 0 Å². The van der Waals surface area contributed by atoms with Crippen molar-refractivity contribution in [1.29, 1.82) is 0 Å². The molecule has 0 aromatic heterocycles. The molecular formula is C22H25FN2O2. The molecule has 0 aliphatic carbocycles. The minimum absolute atomic E-state index is 0.0576. The molecule has 0 spiro atoms. The third kappa shape index (κ3) is 3.32. The van der Waals surface area contributed by atoms with E-state index in [2.05, 4.69) is 24.4 Å². The van der Waals surface area contributed by atoms with Crippen LogP contribution in [-0.2, 0) is 11.2 Å². The number of halogens is 1. The number of carbonyl (C=O) groups is 1. The van der Waals surface area contributed by atoms with Crippen molar-refractivity contribution >= 4 is 5.91 Å². The van der Waals surface area contributed by atoms with Crippen molar-refractivity contribution in [2.45, 2.75) is 19.4 Å². The van der Waals surface area contributed by atoms with Crippen molar-refractivity contribution in [3.05, 3.63) is 65.0 Å². The molecule has 142 valence electrons. The van der Waals surface area contributed by atoms with Crippen molar-refractivity contribution in [3.8, 4) is 5.75 Å². The highest BCUT2D eigenvalue weighted by Gasteiger charge is 2.46. The van der Waals surface area contributed by atoms with Crippen LogP contribution in [-0.4, -0.2) is 37.6 Å². The number of ether oxygens (including phenoxy) is 1. The van der Waals surface area contributed by atoms with Crippen molar-refractivity contribution < 1.29 is 13.9 Å². The summed E-state index contributed by atoms with van der Waals surface area (Å²) in [6, 6.07) is 13.1. The molecule has 4 nitrogen and oxygen atoms in total. The van der Waals surface area contributed by atoms with Gasteiger partial charge in [-0.1, -0.05) is 30.3 Å². The Kier molecular flexibility index (Phi) is 4.87. The van der Waals surface area contributed by atoms with Gasteiger partial charge in [-0.05, 0) is 41.7 Å². The molecule has 1 N–H and O–H groups in total. The molecule has 0 radical (unpaired) electrons. The summed E-state index contributed by atoms with van der Waals surface area (Å²) in [6.45, 7) is 4.75. The van der Waals surface area contributed by atoms with Gasteiger partial charge >= 0.3 is 0 Å². The van der Waals surface area contributed by atoms with Crippen molar-refractivity contribution in [2.75, 3.05) is 26.7 Å². The van der Waals surface area contributed by atoms with Gasteiger partial charge in [0.25, 0.3) is 0 Å². The summed E-state index contributed by atoms with van der Waals surface area (Å²) < 4.78 is 19.0. The van der Waals surface area contributed by atoms with E-state index >= 15 is 0 Å². The predicted molar refractivity (Wildman–Crippen MR) is 102 cm³/mol. The van der Waals surface area contributed by atoms with Crippen molar-refractivity contribution in [2.24, 2.45) is 11.8 Å². The lowest BCUT2D eigenvalue weighted by Crippen LogP contribution is -2.36. The molecule has 0 bridgehead atoms. The Morgan fingerprint density at radius 1 is 1.26 bits per heavy atom. The fourth-order valence-corrected chi connectivity index (χ4v) is 4.59. The largest absolute Gasteiger partial charge is 0.494 e. The number of likely N-dealkylation sites (tertiary alicyclic amines) is 1. The highest BCUT2D eigenvalue weighted by Crippen LogP contribution is 2.43. The Balaban J connectivity index is 1.60. The monoisotopic (exact) mass is 368 g/mol. The number of amides is 1. The van der Waals surface area contributed by atoms with Crippen molar-refractivity contribution in [3.63, 3.8) is 0 Å². The standard InChI is InChI=1S/C22H25FN2O2/c1-14-5-3-4-6-17(14)22-18-12-24-11-16(18)13-25(22)21(26)10-15-7-8-20(27-2)19(23)9-15/h3-9,16,18,22,24H,10-13H2,1-2H3/t16-,18-,22-/m0/s1. The first kappa shape index (κ1) is 18.0. The number of methoxy groups -OCH3 is 1. The summed E-state index contributed by atoms with van der Waals surface area (Å²) in [5.41, 5.74) is 3.11. The van der Waals surface area contributed by atoms with Gasteiger partial charge in [-0.2, -0.15) is 0 Å². The van der Waals surface area contributed by atoms with Crippen LogP contribution in [0.1, 0.15) is 22.7 Å². The van der Waals surface area contributed by atoms with Crippen LogP contribution in [0.4, 0.5) is 4.39 Å². The van der Waals surface area contributed by atoms with E-state index < -0.39 is 5.82 Å². The predicted octanol–water partition coefficient (Wildman–Crippen LogP) is 3.10. The number of nitrogens with one attached hydrogen (secondary N) is 1. The Morgan fingerprint density at radius 2 is 2.07 bits per heavy atom. The lowest BCUT2D eigenvalue weighted by atomic mass is 9.87. The van der Waals surface area contributed by atoms with Gasteiger partial charge in [0.15, 0.2) is 11.6 Å². The van der Waals surface area contributed by atoms with Gasteiger partial charge in [0.05, 0.1) is 19.6 Å². The average molecular weight is 368 g/mol. The number of hydrogen-bond donors (Lipinski definition) is 1. The number of benzene rings is 2. The van der Waals surface area contributed by atoms with Crippen molar-refractivity contribution in [1.82, 2.24) is 10.2 Å². The first-order valence-corrected chi connectivity index (χ1v) is 9.46. The van der Waals surface area contributed by atoms with E-state index in [1.165, 1.54) is 24.3 Å². The second-order valence-electron chi connectivity index (χ2n) is 7.58. The maximum atomic E-state index is 14.0. The molecule has 2 fully saturated rings. The quantitative estimate of drug-likeness (QED) is 0.902. The van der Waals surface area contributed by atoms with E-state index in [4.69, 9.17) is 4.74 Å². The third-order valence-electron chi connectivity index (χ3n) is 5.96. The number of nitrogens with zero attached hydrogens (tertiary/aromatic N) is 1. The maximum absolute atomic E-state index is 14.0. The SMILES string of the molecule is COc1ccc(CC(=O)N2C[C@@H]3CNC[C@@H]3[C@@H]2c2ccccc2C)cc1F. The first-order chi connectivity index (χ1) is 13.1. The molecule has 5 heteroatoms. The number of hydrogen-bond acceptors (Lipinski definition) is 3. The number of carbonyl (C=O) groups excluding carboxylic acids is 1. The summed E-state index contributed by atoms with van der Waals surface area (Å²) in [6.07, 6.45) is 0.205. The van der Waals surface area contributed by atoms with Gasteiger partial charge < -0.3 is 15.0 Å². The van der Waals surface area contributed by atoms with Crippen LogP contribution in [0.3, 0.4) is 0 Å². The fraction of sp³-hybridized carbons (Fsp3) is 0.409. The molecule has 2 aliphatic heterocycles. The number of rotatable bonds is 4. The first-order valence-electron chi connectivity index (χ1n) is 9.46. The topological polar surface area (TPSA) is 41.6 Å². The van der Waals surface area contributed by atoms with Crippen LogP contribution in [0, 0.1) is 24.6 Å². The molecule has 2 heterocycles. The molecule has 0 unspecified atom stereocenters. The highest BCUT2D eigenvalue weighted by molar-refractivity contribution is 5.80. The summed E-state index contributed by atoms with van der Waals surface area (Å²) in [7, 11) is 1.44. The van der Waals surface area contributed by atoms with Crippen LogP contribution in [0.5, 0.6) is 5.75 Å². The smallest absolute Gasteiger partial charge is 0.227 e. The lowest BCUT2D eigenvalue weighted by Gasteiger charge is -2.29. The molecule has 3 atom stereocenters. The minimum atomic E-state index is -0.430. The Labute approximate surface area is 159 Å². The van der Waals surface area contributed by atoms with E-state index in [1.54, 1.807) is 12.1 Å². The van der Waals surface area contributed by atoms with E-state index in [0.717, 1.165) is 19.6 Å². The molecule has 1 amide bonds. The molecule has 2 aliphatic rings. The second-order valence-corrected chi connectivity index (χ2v) is 7.58. The Morgan fingerprint density at radius 3 is 2.81 bits per heavy atom. The summed E-state index contributed by atoms with van der Waals surface area (Å²) in [5, 5.41) is 3.47. The molecule has 27 heavy (non-hydrogen) atoms. The maximum Gasteiger partial charge on any atom is 0.227 e. The number of fused-ring (bicyclic) bond motifs is 1. The lowest BCUT2D eigenvalue weighted by molar-refractivity contribution is -0.131. The van der Waals surface area contributed by atoms with Gasteiger partial charge in [-0.3, -0.25) is 4.79 Å². The summed E-state index contributed by atoms with van der Waals surface area (Å²) in [4.78, 5) is 15.2. The second kappa shape index (κ2) is 7.31. The van der Waals surface area contributed by atoms with Crippen LogP contribution < -0.4 is 10.1 Å². The van der Waals surface area contributed by atoms with Crippen LogP contribution in [0.15, 0.2) is 42.5 Å². The zero-order valence-electron chi connectivity index (χ0n) is 15.7. The fourth-order valence-electron chi connectivity index (χ4n) is 4.59. The summed E-state index contributed by atoms with van der Waals surface area (Å²) >= 11 is 0. The normalized spacial score (nSPS) is 24.1. The van der Waals surface area contributed by atoms with E-state index in [-0.39, 0.29) is 24.1 Å². The Hall–Kier alpha value is -2.40. The Bertz CT molecular complexity index is 854. The van der Waals surface area contributed by atoms with E-state index in [1.807, 2.05) is 17.0 Å². The van der Waals surface area contributed by atoms with Crippen LogP contribution in [0.2, 0.25) is 0 Å². The van der Waals surface area contributed by atoms with E-state index in [0.29, 0.717) is 17.4 Å². The molecule has 2 aromatic carbocycles. The highest BCUT2D eigenvalue weighted by atomic mass is 19.1.